The van der Waals surface area contributed by atoms with E-state index in [1.165, 1.54) is 28.8 Å². The first-order valence-electron chi connectivity index (χ1n) is 7.07. The van der Waals surface area contributed by atoms with Crippen LogP contribution in [0, 0.1) is 5.82 Å². The Balaban J connectivity index is 1.87. The molecule has 0 amide bonds. The molecule has 0 atom stereocenters. The lowest BCUT2D eigenvalue weighted by atomic mass is 10.1. The molecule has 1 aliphatic rings. The number of amidine groups is 1. The molecule has 1 N–H and O–H groups in total. The van der Waals surface area contributed by atoms with E-state index in [4.69, 9.17) is 0 Å². The number of rotatable bonds is 2. The van der Waals surface area contributed by atoms with Gasteiger partial charge in [0.25, 0.3) is 0 Å². The molecule has 0 bridgehead atoms. The molecular weight excluding hydrogens is 330 g/mol. The molecule has 1 aliphatic heterocycles. The highest BCUT2D eigenvalue weighted by molar-refractivity contribution is 7.14. The van der Waals surface area contributed by atoms with Gasteiger partial charge in [-0.05, 0) is 25.0 Å². The van der Waals surface area contributed by atoms with E-state index in [0.29, 0.717) is 5.13 Å². The van der Waals surface area contributed by atoms with E-state index in [-0.39, 0.29) is 11.3 Å². The summed E-state index contributed by atoms with van der Waals surface area (Å²) in [6.45, 7) is 0.753. The van der Waals surface area contributed by atoms with E-state index in [1.54, 1.807) is 0 Å². The summed E-state index contributed by atoms with van der Waals surface area (Å²) in [5.74, 6) is -0.492. The molecule has 8 heteroatoms. The van der Waals surface area contributed by atoms with Gasteiger partial charge in [-0.3, -0.25) is 4.99 Å². The van der Waals surface area contributed by atoms with Gasteiger partial charge in [0, 0.05) is 23.9 Å². The van der Waals surface area contributed by atoms with Gasteiger partial charge in [-0.1, -0.05) is 6.07 Å². The summed E-state index contributed by atoms with van der Waals surface area (Å²) in [6.07, 6.45) is -1.84. The zero-order chi connectivity index (χ0) is 16.4. The maximum absolute atomic E-state index is 14.1. The molecule has 0 saturated carbocycles. The number of halogens is 4. The number of hydrogen-bond donors (Lipinski definition) is 1. The number of thiazole rings is 1. The number of aromatic nitrogens is 1. The fourth-order valence-electron chi connectivity index (χ4n) is 2.33. The number of anilines is 1. The van der Waals surface area contributed by atoms with Crippen LogP contribution in [-0.4, -0.2) is 17.4 Å². The lowest BCUT2D eigenvalue weighted by Gasteiger charge is -2.11. The summed E-state index contributed by atoms with van der Waals surface area (Å²) in [4.78, 5) is 8.50. The first-order valence-corrected chi connectivity index (χ1v) is 7.95. The topological polar surface area (TPSA) is 37.3 Å². The molecule has 122 valence electrons. The maximum atomic E-state index is 14.1. The molecule has 3 nitrogen and oxygen atoms in total. The van der Waals surface area contributed by atoms with E-state index >= 15 is 0 Å². The van der Waals surface area contributed by atoms with Crippen LogP contribution < -0.4 is 5.32 Å². The minimum atomic E-state index is -4.73. The lowest BCUT2D eigenvalue weighted by molar-refractivity contribution is -0.139. The number of nitrogens with zero attached hydrogens (tertiary/aromatic N) is 2. The van der Waals surface area contributed by atoms with Crippen molar-refractivity contribution in [3.63, 3.8) is 0 Å². The minimum absolute atomic E-state index is 0.158. The zero-order valence-electron chi connectivity index (χ0n) is 12.0. The summed E-state index contributed by atoms with van der Waals surface area (Å²) >= 11 is 1.21. The van der Waals surface area contributed by atoms with Crippen molar-refractivity contribution in [3.8, 4) is 11.3 Å². The van der Waals surface area contributed by atoms with Crippen LogP contribution in [0.2, 0.25) is 0 Å². The van der Waals surface area contributed by atoms with E-state index in [0.717, 1.165) is 37.7 Å². The quantitative estimate of drug-likeness (QED) is 0.783. The van der Waals surface area contributed by atoms with Crippen LogP contribution in [0.5, 0.6) is 0 Å². The highest BCUT2D eigenvalue weighted by Gasteiger charge is 2.35. The number of aliphatic imine (C=N–C) groups is 1. The first kappa shape index (κ1) is 15.9. The number of nitrogens with one attached hydrogen (secondary N) is 1. The summed E-state index contributed by atoms with van der Waals surface area (Å²) in [7, 11) is 0. The van der Waals surface area contributed by atoms with Crippen molar-refractivity contribution in [1.82, 2.24) is 4.98 Å². The van der Waals surface area contributed by atoms with Crippen LogP contribution in [0.3, 0.4) is 0 Å². The third-order valence-corrected chi connectivity index (χ3v) is 4.22. The predicted molar refractivity (Wildman–Crippen MR) is 82.3 cm³/mol. The second-order valence-corrected chi connectivity index (χ2v) is 5.97. The van der Waals surface area contributed by atoms with Crippen molar-refractivity contribution in [2.24, 2.45) is 4.99 Å². The summed E-state index contributed by atoms with van der Waals surface area (Å²) in [5.41, 5.74) is -1.26. The molecule has 1 aromatic carbocycles. The Morgan fingerprint density at radius 3 is 2.70 bits per heavy atom. The van der Waals surface area contributed by atoms with Crippen molar-refractivity contribution < 1.29 is 17.6 Å². The van der Waals surface area contributed by atoms with Crippen molar-refractivity contribution in [1.29, 1.82) is 0 Å². The standard InChI is InChI=1S/C15H13F4N3S/c16-13-9(4-3-5-10(13)15(17,18)19)11-8-23-14(21-11)22-12-6-1-2-7-20-12/h3-5,8H,1-2,6-7H2,(H,20,21,22). The molecule has 23 heavy (non-hydrogen) atoms. The van der Waals surface area contributed by atoms with Crippen LogP contribution in [-0.2, 0) is 6.18 Å². The second kappa shape index (κ2) is 6.27. The Morgan fingerprint density at radius 1 is 1.17 bits per heavy atom. The van der Waals surface area contributed by atoms with Crippen molar-refractivity contribution in [3.05, 3.63) is 35.0 Å². The average Bonchev–Trinajstić information content (AvgIpc) is 2.95. The van der Waals surface area contributed by atoms with Crippen LogP contribution in [0.15, 0.2) is 28.6 Å². The van der Waals surface area contributed by atoms with Crippen LogP contribution >= 0.6 is 11.3 Å². The maximum Gasteiger partial charge on any atom is 0.419 e. The molecule has 2 aromatic rings. The fraction of sp³-hybridized carbons (Fsp3) is 0.333. The summed E-state index contributed by atoms with van der Waals surface area (Å²) in [5, 5.41) is 5.08. The monoisotopic (exact) mass is 343 g/mol. The summed E-state index contributed by atoms with van der Waals surface area (Å²) in [6, 6.07) is 3.20. The van der Waals surface area contributed by atoms with Gasteiger partial charge in [0.05, 0.1) is 11.3 Å². The number of alkyl halides is 3. The Morgan fingerprint density at radius 2 is 2.00 bits per heavy atom. The zero-order valence-corrected chi connectivity index (χ0v) is 12.8. The highest BCUT2D eigenvalue weighted by atomic mass is 32.1. The van der Waals surface area contributed by atoms with Gasteiger partial charge in [-0.2, -0.15) is 13.2 Å². The van der Waals surface area contributed by atoms with Gasteiger partial charge in [0.1, 0.15) is 11.7 Å². The van der Waals surface area contributed by atoms with E-state index in [9.17, 15) is 17.6 Å². The van der Waals surface area contributed by atoms with Gasteiger partial charge in [0.15, 0.2) is 5.13 Å². The molecule has 0 fully saturated rings. The Hall–Kier alpha value is -1.96. The largest absolute Gasteiger partial charge is 0.419 e. The molecule has 0 aliphatic carbocycles. The molecule has 1 aromatic heterocycles. The Kier molecular flexibility index (Phi) is 4.34. The molecule has 2 heterocycles. The number of benzene rings is 1. The normalized spacial score (nSPS) is 15.4. The van der Waals surface area contributed by atoms with Gasteiger partial charge < -0.3 is 5.32 Å². The van der Waals surface area contributed by atoms with Crippen molar-refractivity contribution in [2.45, 2.75) is 25.4 Å². The van der Waals surface area contributed by atoms with Gasteiger partial charge in [-0.25, -0.2) is 9.37 Å². The average molecular weight is 343 g/mol. The second-order valence-electron chi connectivity index (χ2n) is 5.11. The van der Waals surface area contributed by atoms with Gasteiger partial charge in [0.2, 0.25) is 0 Å². The van der Waals surface area contributed by atoms with E-state index < -0.39 is 17.6 Å². The van der Waals surface area contributed by atoms with Crippen LogP contribution in [0.1, 0.15) is 24.8 Å². The predicted octanol–water partition coefficient (Wildman–Crippen LogP) is 4.96. The molecule has 0 unspecified atom stereocenters. The molecule has 3 rings (SSSR count). The highest BCUT2D eigenvalue weighted by Crippen LogP contribution is 2.36. The minimum Gasteiger partial charge on any atom is -0.320 e. The van der Waals surface area contributed by atoms with Gasteiger partial charge in [-0.15, -0.1) is 11.3 Å². The van der Waals surface area contributed by atoms with Crippen LogP contribution in [0.25, 0.3) is 11.3 Å². The van der Waals surface area contributed by atoms with Gasteiger partial charge >= 0.3 is 6.18 Å². The van der Waals surface area contributed by atoms with E-state index in [1.807, 2.05) is 0 Å². The molecule has 0 radical (unpaired) electrons. The smallest absolute Gasteiger partial charge is 0.320 e. The first-order chi connectivity index (χ1) is 10.9. The molecule has 0 spiro atoms. The Bertz CT molecular complexity index is 737. The number of hydrogen-bond acceptors (Lipinski definition) is 4. The Labute approximate surface area is 134 Å². The van der Waals surface area contributed by atoms with Crippen molar-refractivity contribution >= 4 is 22.3 Å². The third kappa shape index (κ3) is 3.52. The molecular formula is C15H13F4N3S. The summed E-state index contributed by atoms with van der Waals surface area (Å²) < 4.78 is 52.4. The SMILES string of the molecule is Fc1c(-c2csc(NC3=NCCCC3)n2)cccc1C(F)(F)F. The fourth-order valence-corrected chi connectivity index (χ4v) is 3.06. The van der Waals surface area contributed by atoms with Crippen molar-refractivity contribution in [2.75, 3.05) is 11.9 Å². The third-order valence-electron chi connectivity index (χ3n) is 3.46. The lowest BCUT2D eigenvalue weighted by Crippen LogP contribution is -2.15. The van der Waals surface area contributed by atoms with Crippen LogP contribution in [0.4, 0.5) is 22.7 Å². The van der Waals surface area contributed by atoms with E-state index in [2.05, 4.69) is 15.3 Å². The molecule has 0 saturated heterocycles.